The summed E-state index contributed by atoms with van der Waals surface area (Å²) in [7, 11) is 0.255. The highest BCUT2D eigenvalue weighted by Gasteiger charge is 2.22. The lowest BCUT2D eigenvalue weighted by atomic mass is 9.98. The van der Waals surface area contributed by atoms with Crippen LogP contribution in [0.1, 0.15) is 36.5 Å². The van der Waals surface area contributed by atoms with Crippen molar-refractivity contribution in [3.8, 4) is 5.88 Å². The average Bonchev–Trinajstić information content (AvgIpc) is 3.25. The Labute approximate surface area is 245 Å². The smallest absolute Gasteiger partial charge is 0.303 e. The fourth-order valence-electron chi connectivity index (χ4n) is 4.65. The maximum absolute atomic E-state index is 13.9. The van der Waals surface area contributed by atoms with E-state index >= 15 is 0 Å². The van der Waals surface area contributed by atoms with Gasteiger partial charge in [-0.2, -0.15) is 0 Å². The Morgan fingerprint density at radius 1 is 1.00 bits per heavy atom. The third-order valence-corrected chi connectivity index (χ3v) is 8.75. The van der Waals surface area contributed by atoms with E-state index in [0.29, 0.717) is 65.0 Å². The minimum Gasteiger partial charge on any atom is -0.494 e. The predicted molar refractivity (Wildman–Crippen MR) is 164 cm³/mol. The number of rotatable bonds is 13. The number of likely N-dealkylation sites (N-methyl/N-ethyl adjacent to an activating group) is 1. The first-order chi connectivity index (χ1) is 20.0. The van der Waals surface area contributed by atoms with Crippen LogP contribution in [0.4, 0.5) is 15.8 Å². The molecule has 4 aromatic rings. The number of aromatic amines is 1. The van der Waals surface area contributed by atoms with Gasteiger partial charge in [-0.3, -0.25) is 9.10 Å². The summed E-state index contributed by atoms with van der Waals surface area (Å²) in [5.74, 6) is -1.48. The number of carbonyl (C=O) groups is 1. The molecule has 222 valence electrons. The van der Waals surface area contributed by atoms with Gasteiger partial charge in [0.1, 0.15) is 5.82 Å². The number of anilines is 1. The van der Waals surface area contributed by atoms with Gasteiger partial charge >= 0.3 is 5.97 Å². The molecule has 1 heterocycles. The SMILES string of the molecule is CCCS(=O)(=O)N(CCN(C)C)c1ccc(N=C(c2ccc(CCC(=O)O)cc2)c2c(O)[nH]c3cc(F)ccc23)cc1. The van der Waals surface area contributed by atoms with Crippen LogP contribution in [-0.4, -0.2) is 73.1 Å². The van der Waals surface area contributed by atoms with E-state index in [-0.39, 0.29) is 18.1 Å². The number of sulfonamides is 1. The molecule has 1 aromatic heterocycles. The Hall–Kier alpha value is -4.22. The predicted octanol–water partition coefficient (Wildman–Crippen LogP) is 5.31. The number of nitrogens with zero attached hydrogens (tertiary/aromatic N) is 3. The lowest BCUT2D eigenvalue weighted by Gasteiger charge is -2.26. The van der Waals surface area contributed by atoms with Crippen molar-refractivity contribution in [1.82, 2.24) is 9.88 Å². The number of carboxylic acids is 1. The summed E-state index contributed by atoms with van der Waals surface area (Å²) in [5, 5.41) is 20.5. The van der Waals surface area contributed by atoms with Gasteiger partial charge in [0, 0.05) is 30.5 Å². The normalized spacial score (nSPS) is 12.3. The van der Waals surface area contributed by atoms with Crippen molar-refractivity contribution in [2.24, 2.45) is 4.99 Å². The molecule has 0 atom stereocenters. The van der Waals surface area contributed by atoms with Crippen molar-refractivity contribution < 1.29 is 27.8 Å². The molecular formula is C31H35FN4O5S. The summed E-state index contributed by atoms with van der Waals surface area (Å²) in [6, 6.07) is 18.2. The third-order valence-electron chi connectivity index (χ3n) is 6.76. The third kappa shape index (κ3) is 7.34. The van der Waals surface area contributed by atoms with Gasteiger partial charge in [0.15, 0.2) is 5.88 Å². The second-order valence-electron chi connectivity index (χ2n) is 10.3. The first-order valence-electron chi connectivity index (χ1n) is 13.6. The van der Waals surface area contributed by atoms with Crippen LogP contribution in [0.15, 0.2) is 71.7 Å². The van der Waals surface area contributed by atoms with Crippen LogP contribution in [0.2, 0.25) is 0 Å². The molecule has 9 nitrogen and oxygen atoms in total. The Balaban J connectivity index is 1.78. The fraction of sp³-hybridized carbons (Fsp3) is 0.290. The van der Waals surface area contributed by atoms with Crippen LogP contribution >= 0.6 is 0 Å². The molecule has 0 saturated carbocycles. The van der Waals surface area contributed by atoms with E-state index < -0.39 is 21.8 Å². The molecule has 0 amide bonds. The topological polar surface area (TPSA) is 126 Å². The van der Waals surface area contributed by atoms with Crippen LogP contribution in [0.25, 0.3) is 10.9 Å². The van der Waals surface area contributed by atoms with Gasteiger partial charge in [-0.25, -0.2) is 17.8 Å². The molecule has 0 fully saturated rings. The monoisotopic (exact) mass is 594 g/mol. The van der Waals surface area contributed by atoms with Crippen LogP contribution in [0, 0.1) is 5.82 Å². The number of fused-ring (bicyclic) bond motifs is 1. The van der Waals surface area contributed by atoms with Gasteiger partial charge in [0.25, 0.3) is 0 Å². The first kappa shape index (κ1) is 30.7. The minimum absolute atomic E-state index is 0.000972. The molecule has 42 heavy (non-hydrogen) atoms. The first-order valence-corrected chi connectivity index (χ1v) is 15.2. The van der Waals surface area contributed by atoms with Gasteiger partial charge in [-0.15, -0.1) is 0 Å². The number of H-pyrrole nitrogens is 1. The van der Waals surface area contributed by atoms with Gasteiger partial charge in [-0.05, 0) is 75.0 Å². The van der Waals surface area contributed by atoms with E-state index in [1.807, 2.05) is 38.1 Å². The molecule has 0 aliphatic carbocycles. The lowest BCUT2D eigenvalue weighted by Crippen LogP contribution is -2.38. The van der Waals surface area contributed by atoms with Crippen LogP contribution in [0.5, 0.6) is 5.88 Å². The van der Waals surface area contributed by atoms with Crippen molar-refractivity contribution in [2.75, 3.05) is 37.2 Å². The lowest BCUT2D eigenvalue weighted by molar-refractivity contribution is -0.136. The van der Waals surface area contributed by atoms with E-state index in [0.717, 1.165) is 5.56 Å². The number of aliphatic carboxylic acids is 1. The number of hydrogen-bond donors (Lipinski definition) is 3. The van der Waals surface area contributed by atoms with Crippen molar-refractivity contribution in [2.45, 2.75) is 26.2 Å². The zero-order chi connectivity index (χ0) is 30.4. The molecule has 0 radical (unpaired) electrons. The van der Waals surface area contributed by atoms with Gasteiger partial charge in [0.05, 0.1) is 33.9 Å². The number of benzene rings is 3. The number of halogens is 1. The molecule has 0 bridgehead atoms. The number of hydrogen-bond acceptors (Lipinski definition) is 6. The van der Waals surface area contributed by atoms with Crippen molar-refractivity contribution in [3.63, 3.8) is 0 Å². The maximum Gasteiger partial charge on any atom is 0.303 e. The number of aliphatic imine (C=N–C) groups is 1. The molecule has 0 unspecified atom stereocenters. The highest BCUT2D eigenvalue weighted by atomic mass is 32.2. The molecule has 0 aliphatic rings. The van der Waals surface area contributed by atoms with E-state index in [4.69, 9.17) is 10.1 Å². The van der Waals surface area contributed by atoms with Crippen molar-refractivity contribution in [3.05, 3.63) is 89.2 Å². The van der Waals surface area contributed by atoms with E-state index in [2.05, 4.69) is 4.98 Å². The van der Waals surface area contributed by atoms with Crippen LogP contribution in [0.3, 0.4) is 0 Å². The number of aromatic hydroxyl groups is 1. The quantitative estimate of drug-likeness (QED) is 0.180. The van der Waals surface area contributed by atoms with E-state index in [1.54, 1.807) is 42.5 Å². The van der Waals surface area contributed by atoms with Crippen molar-refractivity contribution >= 4 is 44.0 Å². The molecule has 3 aromatic carbocycles. The van der Waals surface area contributed by atoms with Crippen LogP contribution < -0.4 is 4.31 Å². The number of nitrogens with one attached hydrogen (secondary N) is 1. The van der Waals surface area contributed by atoms with E-state index in [1.165, 1.54) is 16.4 Å². The molecule has 0 saturated heterocycles. The Morgan fingerprint density at radius 3 is 2.31 bits per heavy atom. The summed E-state index contributed by atoms with van der Waals surface area (Å²) in [5.41, 5.74) is 3.72. The molecule has 11 heteroatoms. The van der Waals surface area contributed by atoms with Crippen molar-refractivity contribution in [1.29, 1.82) is 0 Å². The molecule has 4 rings (SSSR count). The maximum atomic E-state index is 13.9. The zero-order valence-corrected chi connectivity index (χ0v) is 24.7. The molecule has 0 spiro atoms. The largest absolute Gasteiger partial charge is 0.494 e. The molecule has 0 aliphatic heterocycles. The Kier molecular flexibility index (Phi) is 9.64. The van der Waals surface area contributed by atoms with Gasteiger partial charge < -0.3 is 20.1 Å². The average molecular weight is 595 g/mol. The number of aryl methyl sites for hydroxylation is 1. The summed E-state index contributed by atoms with van der Waals surface area (Å²) < 4.78 is 41.4. The minimum atomic E-state index is -3.52. The molecule has 3 N–H and O–H groups in total. The second kappa shape index (κ2) is 13.2. The van der Waals surface area contributed by atoms with Crippen LogP contribution in [-0.2, 0) is 21.2 Å². The number of carboxylic acid groups (broad SMARTS) is 1. The summed E-state index contributed by atoms with van der Waals surface area (Å²) in [6.45, 7) is 2.68. The summed E-state index contributed by atoms with van der Waals surface area (Å²) in [4.78, 5) is 20.6. The highest BCUT2D eigenvalue weighted by molar-refractivity contribution is 7.92. The fourth-order valence-corrected chi connectivity index (χ4v) is 6.19. The van der Waals surface area contributed by atoms with E-state index in [9.17, 15) is 22.7 Å². The molecular weight excluding hydrogens is 559 g/mol. The number of aromatic nitrogens is 1. The van der Waals surface area contributed by atoms with Gasteiger partial charge in [0.2, 0.25) is 10.0 Å². The summed E-state index contributed by atoms with van der Waals surface area (Å²) >= 11 is 0. The Morgan fingerprint density at radius 2 is 1.69 bits per heavy atom. The zero-order valence-electron chi connectivity index (χ0n) is 23.8. The van der Waals surface area contributed by atoms with Gasteiger partial charge in [-0.1, -0.05) is 31.2 Å². The Bertz CT molecular complexity index is 1680. The highest BCUT2D eigenvalue weighted by Crippen LogP contribution is 2.33. The standard InChI is InChI=1S/C31H35FN4O5S/c1-4-19-42(40,41)36(18-17-35(2)3)25-13-11-24(12-14-25)33-30(22-8-5-21(6-9-22)7-16-28(37)38)29-26-15-10-23(32)20-27(26)34-31(29)39/h5-6,8-15,20,34,39H,4,7,16-19H2,1-3H3,(H,37,38). The second-order valence-corrected chi connectivity index (χ2v) is 12.3. The summed E-state index contributed by atoms with van der Waals surface area (Å²) in [6.07, 6.45) is 0.868.